The molecule has 0 fully saturated rings. The monoisotopic (exact) mass is 269 g/mol. The molecule has 0 bridgehead atoms. The van der Waals surface area contributed by atoms with Gasteiger partial charge in [-0.15, -0.1) is 6.42 Å². The first-order valence-corrected chi connectivity index (χ1v) is 5.23. The van der Waals surface area contributed by atoms with Crippen molar-refractivity contribution in [1.29, 1.82) is 0 Å². The number of rotatable bonds is 4. The third-order valence-corrected chi connectivity index (χ3v) is 2.37. The molecule has 0 spiro atoms. The van der Waals surface area contributed by atoms with Gasteiger partial charge in [0.15, 0.2) is 5.82 Å². The van der Waals surface area contributed by atoms with E-state index >= 15 is 0 Å². The van der Waals surface area contributed by atoms with Gasteiger partial charge in [0, 0.05) is 0 Å². The predicted octanol–water partition coefficient (Wildman–Crippen LogP) is 1.64. The number of hydrogen-bond donors (Lipinski definition) is 1. The molecule has 1 N–H and O–H groups in total. The smallest absolute Gasteiger partial charge is 0.323 e. The molecule has 0 aromatic heterocycles. The van der Waals surface area contributed by atoms with Crippen molar-refractivity contribution in [3.8, 4) is 12.3 Å². The quantitative estimate of drug-likeness (QED) is 0.846. The van der Waals surface area contributed by atoms with Gasteiger partial charge in [0.2, 0.25) is 0 Å². The zero-order valence-electron chi connectivity index (χ0n) is 9.19. The Bertz CT molecular complexity index is 525. The minimum absolute atomic E-state index is 0.211. The highest BCUT2D eigenvalue weighted by Crippen LogP contribution is 2.19. The molecule has 18 heavy (non-hydrogen) atoms. The highest BCUT2D eigenvalue weighted by Gasteiger charge is 2.21. The highest BCUT2D eigenvalue weighted by molar-refractivity contribution is 6.31. The number of carboxylic acids is 1. The van der Waals surface area contributed by atoms with E-state index in [0.29, 0.717) is 0 Å². The SMILES string of the molecule is C#CCN(CC(=O)O)C(=O)c1cccc(Cl)c1F. The van der Waals surface area contributed by atoms with E-state index in [1.54, 1.807) is 0 Å². The van der Waals surface area contributed by atoms with Crippen molar-refractivity contribution < 1.29 is 19.1 Å². The van der Waals surface area contributed by atoms with Gasteiger partial charge in [0.1, 0.15) is 6.54 Å². The van der Waals surface area contributed by atoms with Gasteiger partial charge < -0.3 is 10.0 Å². The third kappa shape index (κ3) is 3.22. The van der Waals surface area contributed by atoms with E-state index in [1.165, 1.54) is 18.2 Å². The fourth-order valence-corrected chi connectivity index (χ4v) is 1.49. The Morgan fingerprint density at radius 2 is 2.17 bits per heavy atom. The average Bonchev–Trinajstić information content (AvgIpc) is 2.31. The maximum absolute atomic E-state index is 13.6. The molecule has 0 saturated carbocycles. The summed E-state index contributed by atoms with van der Waals surface area (Å²) in [5, 5.41) is 8.44. The second-order valence-electron chi connectivity index (χ2n) is 3.36. The second-order valence-corrected chi connectivity index (χ2v) is 3.77. The molecule has 0 unspecified atom stereocenters. The lowest BCUT2D eigenvalue weighted by molar-refractivity contribution is -0.137. The number of terminal acetylenes is 1. The summed E-state index contributed by atoms with van der Waals surface area (Å²) in [7, 11) is 0. The minimum atomic E-state index is -1.24. The Labute approximate surface area is 108 Å². The van der Waals surface area contributed by atoms with Gasteiger partial charge in [0.05, 0.1) is 17.1 Å². The van der Waals surface area contributed by atoms with Crippen LogP contribution in [0.3, 0.4) is 0 Å². The van der Waals surface area contributed by atoms with Crippen LogP contribution in [-0.2, 0) is 4.79 Å². The number of hydrogen-bond acceptors (Lipinski definition) is 2. The van der Waals surface area contributed by atoms with E-state index in [4.69, 9.17) is 23.1 Å². The number of halogens is 2. The number of carbonyl (C=O) groups excluding carboxylic acids is 1. The molecule has 1 aromatic rings. The van der Waals surface area contributed by atoms with Crippen LogP contribution in [0.25, 0.3) is 0 Å². The Balaban J connectivity index is 3.06. The number of carbonyl (C=O) groups is 2. The Morgan fingerprint density at radius 3 is 2.72 bits per heavy atom. The van der Waals surface area contributed by atoms with Crippen molar-refractivity contribution in [2.24, 2.45) is 0 Å². The molecule has 1 rings (SSSR count). The highest BCUT2D eigenvalue weighted by atomic mass is 35.5. The number of aliphatic carboxylic acids is 1. The van der Waals surface area contributed by atoms with Crippen molar-refractivity contribution in [3.05, 3.63) is 34.6 Å². The average molecular weight is 270 g/mol. The lowest BCUT2D eigenvalue weighted by atomic mass is 10.2. The van der Waals surface area contributed by atoms with E-state index in [1.807, 2.05) is 0 Å². The zero-order valence-corrected chi connectivity index (χ0v) is 9.95. The summed E-state index contributed by atoms with van der Waals surface area (Å²) in [4.78, 5) is 23.3. The molecule has 6 heteroatoms. The maximum Gasteiger partial charge on any atom is 0.323 e. The van der Waals surface area contributed by atoms with Crippen LogP contribution in [0.2, 0.25) is 5.02 Å². The molecule has 0 atom stereocenters. The zero-order chi connectivity index (χ0) is 13.7. The second kappa shape index (κ2) is 6.03. The molecule has 94 valence electrons. The summed E-state index contributed by atoms with van der Waals surface area (Å²) >= 11 is 5.54. The predicted molar refractivity (Wildman–Crippen MR) is 63.8 cm³/mol. The summed E-state index contributed by atoms with van der Waals surface area (Å²) in [6.07, 6.45) is 5.03. The summed E-state index contributed by atoms with van der Waals surface area (Å²) < 4.78 is 13.6. The normalized spacial score (nSPS) is 9.61. The minimum Gasteiger partial charge on any atom is -0.480 e. The number of amides is 1. The van der Waals surface area contributed by atoms with Crippen LogP contribution in [0, 0.1) is 18.2 Å². The number of carboxylic acid groups (broad SMARTS) is 1. The standard InChI is InChI=1S/C12H9ClFNO3/c1-2-6-15(7-10(16)17)12(18)8-4-3-5-9(13)11(8)14/h1,3-5H,6-7H2,(H,16,17). The maximum atomic E-state index is 13.6. The largest absolute Gasteiger partial charge is 0.480 e. The molecule has 0 radical (unpaired) electrons. The Kier molecular flexibility index (Phi) is 4.69. The van der Waals surface area contributed by atoms with Gasteiger partial charge in [-0.25, -0.2) is 4.39 Å². The van der Waals surface area contributed by atoms with E-state index in [2.05, 4.69) is 5.92 Å². The van der Waals surface area contributed by atoms with Crippen molar-refractivity contribution in [2.45, 2.75) is 0 Å². The topological polar surface area (TPSA) is 57.6 Å². The lowest BCUT2D eigenvalue weighted by Gasteiger charge is -2.18. The fourth-order valence-electron chi connectivity index (χ4n) is 1.31. The Morgan fingerprint density at radius 1 is 1.50 bits per heavy atom. The van der Waals surface area contributed by atoms with Crippen LogP contribution >= 0.6 is 11.6 Å². The summed E-state index contributed by atoms with van der Waals surface area (Å²) in [6, 6.07) is 3.90. The van der Waals surface area contributed by atoms with Crippen molar-refractivity contribution in [3.63, 3.8) is 0 Å². The van der Waals surface area contributed by atoms with Gasteiger partial charge in [-0.2, -0.15) is 0 Å². The van der Waals surface area contributed by atoms with Gasteiger partial charge in [-0.3, -0.25) is 9.59 Å². The molecule has 1 amide bonds. The van der Waals surface area contributed by atoms with Gasteiger partial charge in [-0.05, 0) is 12.1 Å². The van der Waals surface area contributed by atoms with E-state index in [0.717, 1.165) is 4.90 Å². The first-order valence-electron chi connectivity index (χ1n) is 4.86. The molecule has 0 saturated heterocycles. The van der Waals surface area contributed by atoms with E-state index in [9.17, 15) is 14.0 Å². The summed E-state index contributed by atoms with van der Waals surface area (Å²) in [5.41, 5.74) is -0.306. The van der Waals surface area contributed by atoms with Crippen LogP contribution in [0.4, 0.5) is 4.39 Å². The van der Waals surface area contributed by atoms with E-state index < -0.39 is 24.2 Å². The van der Waals surface area contributed by atoms with Crippen molar-refractivity contribution >= 4 is 23.5 Å². The first kappa shape index (κ1) is 14.0. The molecular formula is C12H9ClFNO3. The molecular weight excluding hydrogens is 261 g/mol. The molecule has 0 aliphatic rings. The molecule has 0 aliphatic carbocycles. The van der Waals surface area contributed by atoms with Crippen LogP contribution in [0.1, 0.15) is 10.4 Å². The summed E-state index contributed by atoms with van der Waals surface area (Å²) in [5.74, 6) is -0.793. The van der Waals surface area contributed by atoms with Crippen LogP contribution in [0.5, 0.6) is 0 Å². The van der Waals surface area contributed by atoms with Crippen LogP contribution in [-0.4, -0.2) is 35.0 Å². The fraction of sp³-hybridized carbons (Fsp3) is 0.167. The molecule has 0 heterocycles. The molecule has 4 nitrogen and oxygen atoms in total. The van der Waals surface area contributed by atoms with Gasteiger partial charge >= 0.3 is 5.97 Å². The van der Waals surface area contributed by atoms with Crippen LogP contribution in [0.15, 0.2) is 18.2 Å². The lowest BCUT2D eigenvalue weighted by Crippen LogP contribution is -2.36. The van der Waals surface area contributed by atoms with Crippen molar-refractivity contribution in [2.75, 3.05) is 13.1 Å². The van der Waals surface area contributed by atoms with Gasteiger partial charge in [-0.1, -0.05) is 23.6 Å². The van der Waals surface area contributed by atoms with Crippen LogP contribution < -0.4 is 0 Å². The number of nitrogens with zero attached hydrogens (tertiary/aromatic N) is 1. The third-order valence-electron chi connectivity index (χ3n) is 2.08. The first-order chi connectivity index (χ1) is 8.47. The van der Waals surface area contributed by atoms with Gasteiger partial charge in [0.25, 0.3) is 5.91 Å². The van der Waals surface area contributed by atoms with Crippen molar-refractivity contribution in [1.82, 2.24) is 4.90 Å². The Hall–Kier alpha value is -2.06. The molecule has 0 aliphatic heterocycles. The summed E-state index contributed by atoms with van der Waals surface area (Å²) in [6.45, 7) is -0.827. The number of benzene rings is 1. The van der Waals surface area contributed by atoms with E-state index in [-0.39, 0.29) is 17.1 Å². The molecule has 1 aromatic carbocycles.